The normalized spacial score (nSPS) is 16.2. The van der Waals surface area contributed by atoms with Crippen molar-refractivity contribution in [1.29, 1.82) is 0 Å². The molecule has 6 nitrogen and oxygen atoms in total. The van der Waals surface area contributed by atoms with Crippen LogP contribution in [0.5, 0.6) is 5.75 Å². The van der Waals surface area contributed by atoms with Gasteiger partial charge in [-0.05, 0) is 32.4 Å². The Bertz CT molecular complexity index is 1140. The second-order valence-corrected chi connectivity index (χ2v) is 7.44. The van der Waals surface area contributed by atoms with Gasteiger partial charge in [-0.15, -0.1) is 0 Å². The van der Waals surface area contributed by atoms with E-state index in [1.807, 2.05) is 6.92 Å². The fourth-order valence-corrected chi connectivity index (χ4v) is 3.48. The number of hydrogen-bond acceptors (Lipinski definition) is 5. The molecule has 3 rings (SSSR count). The van der Waals surface area contributed by atoms with Crippen molar-refractivity contribution in [3.8, 4) is 5.75 Å². The Morgan fingerprint density at radius 2 is 2.00 bits per heavy atom. The summed E-state index contributed by atoms with van der Waals surface area (Å²) >= 11 is 6.24. The molecule has 0 spiro atoms. The average Bonchev–Trinajstić information content (AvgIpc) is 2.66. The number of ketones is 1. The standard InChI is InChI=1S/C21H20ClF2N3O3/c1-11-9-26(4)18(13(3)28)7-17(11)27-12(2)5-19(20(22)21(27)29)30-10-16-15(24)6-14(23)8-25-16/h5-9,18H,10H2,1-4H3/t18-/m1/s1. The van der Waals surface area contributed by atoms with Crippen LogP contribution >= 0.6 is 11.6 Å². The third kappa shape index (κ3) is 4.14. The molecule has 158 valence electrons. The minimum Gasteiger partial charge on any atom is -0.485 e. The number of nitrogens with zero attached hydrogens (tertiary/aromatic N) is 3. The lowest BCUT2D eigenvalue weighted by molar-refractivity contribution is -0.119. The molecule has 0 aliphatic carbocycles. The highest BCUT2D eigenvalue weighted by atomic mass is 35.5. The summed E-state index contributed by atoms with van der Waals surface area (Å²) in [6.07, 6.45) is 4.37. The Hall–Kier alpha value is -3.00. The van der Waals surface area contributed by atoms with E-state index < -0.39 is 23.2 Å². The summed E-state index contributed by atoms with van der Waals surface area (Å²) < 4.78 is 33.6. The van der Waals surface area contributed by atoms with Gasteiger partial charge < -0.3 is 9.64 Å². The molecule has 0 fully saturated rings. The van der Waals surface area contributed by atoms with E-state index in [1.165, 1.54) is 11.5 Å². The number of allylic oxidation sites excluding steroid dienone is 2. The molecule has 0 aromatic carbocycles. The highest BCUT2D eigenvalue weighted by Gasteiger charge is 2.24. The molecular weight excluding hydrogens is 416 g/mol. The second kappa shape index (κ2) is 8.39. The molecule has 3 heterocycles. The lowest BCUT2D eigenvalue weighted by Gasteiger charge is -2.30. The SMILES string of the molecule is CC(=O)[C@H]1C=C(n2c(C)cc(OCc3ncc(F)cc3F)c(Cl)c2=O)C(C)=CN1C. The summed E-state index contributed by atoms with van der Waals surface area (Å²) in [5.41, 5.74) is 1.19. The first-order chi connectivity index (χ1) is 14.1. The van der Waals surface area contributed by atoms with Gasteiger partial charge in [-0.1, -0.05) is 11.6 Å². The highest BCUT2D eigenvalue weighted by Crippen LogP contribution is 2.28. The van der Waals surface area contributed by atoms with Gasteiger partial charge >= 0.3 is 0 Å². The third-order valence-electron chi connectivity index (χ3n) is 4.76. The Balaban J connectivity index is 1.97. The lowest BCUT2D eigenvalue weighted by Crippen LogP contribution is -2.36. The molecule has 0 saturated heterocycles. The van der Waals surface area contributed by atoms with Gasteiger partial charge in [-0.2, -0.15) is 0 Å². The van der Waals surface area contributed by atoms with Crippen LogP contribution in [0.25, 0.3) is 5.70 Å². The molecule has 0 N–H and O–H groups in total. The summed E-state index contributed by atoms with van der Waals surface area (Å²) in [6, 6.07) is 1.74. The van der Waals surface area contributed by atoms with E-state index in [0.717, 1.165) is 11.8 Å². The number of pyridine rings is 2. The molecule has 30 heavy (non-hydrogen) atoms. The Labute approximate surface area is 177 Å². The van der Waals surface area contributed by atoms with Gasteiger partial charge in [0.2, 0.25) is 0 Å². The topological polar surface area (TPSA) is 64.4 Å². The van der Waals surface area contributed by atoms with Crippen molar-refractivity contribution in [3.63, 3.8) is 0 Å². The number of carbonyl (C=O) groups excluding carboxylic acids is 1. The minimum atomic E-state index is -0.858. The van der Waals surface area contributed by atoms with E-state index in [1.54, 1.807) is 37.2 Å². The van der Waals surface area contributed by atoms with E-state index in [9.17, 15) is 18.4 Å². The van der Waals surface area contributed by atoms with Crippen molar-refractivity contribution in [1.82, 2.24) is 14.5 Å². The second-order valence-electron chi connectivity index (χ2n) is 7.06. The predicted molar refractivity (Wildman–Crippen MR) is 109 cm³/mol. The zero-order chi connectivity index (χ0) is 22.2. The van der Waals surface area contributed by atoms with Gasteiger partial charge in [-0.3, -0.25) is 19.1 Å². The van der Waals surface area contributed by atoms with Crippen molar-refractivity contribution in [2.75, 3.05) is 7.05 Å². The highest BCUT2D eigenvalue weighted by molar-refractivity contribution is 6.31. The summed E-state index contributed by atoms with van der Waals surface area (Å²) in [7, 11) is 1.78. The van der Waals surface area contributed by atoms with Gasteiger partial charge in [0.05, 0.1) is 11.9 Å². The number of halogens is 3. The smallest absolute Gasteiger partial charge is 0.277 e. The van der Waals surface area contributed by atoms with Gasteiger partial charge in [0.15, 0.2) is 11.6 Å². The van der Waals surface area contributed by atoms with E-state index >= 15 is 0 Å². The first kappa shape index (κ1) is 21.7. The maximum absolute atomic E-state index is 13.8. The van der Waals surface area contributed by atoms with Crippen molar-refractivity contribution >= 4 is 23.1 Å². The van der Waals surface area contributed by atoms with Gasteiger partial charge in [-0.25, -0.2) is 8.78 Å². The van der Waals surface area contributed by atoms with E-state index in [0.29, 0.717) is 17.5 Å². The summed E-state index contributed by atoms with van der Waals surface area (Å²) in [5, 5.41) is -0.199. The molecule has 0 amide bonds. The largest absolute Gasteiger partial charge is 0.485 e. The lowest BCUT2D eigenvalue weighted by atomic mass is 10.0. The van der Waals surface area contributed by atoms with Crippen LogP contribution in [0.15, 0.2) is 41.0 Å². The van der Waals surface area contributed by atoms with Crippen molar-refractivity contribution in [2.45, 2.75) is 33.4 Å². The molecule has 1 aliphatic rings. The average molecular weight is 436 g/mol. The van der Waals surface area contributed by atoms with Crippen molar-refractivity contribution < 1.29 is 18.3 Å². The van der Waals surface area contributed by atoms with E-state index in [4.69, 9.17) is 16.3 Å². The first-order valence-corrected chi connectivity index (χ1v) is 9.46. The molecule has 0 radical (unpaired) electrons. The van der Waals surface area contributed by atoms with Crippen LogP contribution in [0, 0.1) is 18.6 Å². The molecule has 0 saturated carbocycles. The number of Topliss-reactive ketones (excluding diaryl/α,β-unsaturated/α-hetero) is 1. The molecule has 1 atom stereocenters. The zero-order valence-corrected chi connectivity index (χ0v) is 17.6. The number of carbonyl (C=O) groups is 1. The van der Waals surface area contributed by atoms with Crippen molar-refractivity contribution in [3.05, 3.63) is 74.6 Å². The number of rotatable bonds is 5. The van der Waals surface area contributed by atoms with Gasteiger partial charge in [0, 0.05) is 31.1 Å². The van der Waals surface area contributed by atoms with Crippen LogP contribution in [0.2, 0.25) is 5.02 Å². The van der Waals surface area contributed by atoms with Gasteiger partial charge in [0.1, 0.15) is 34.9 Å². The molecule has 1 aliphatic heterocycles. The van der Waals surface area contributed by atoms with Crippen LogP contribution in [0.1, 0.15) is 25.2 Å². The van der Waals surface area contributed by atoms with Crippen molar-refractivity contribution in [2.24, 2.45) is 0 Å². The number of aromatic nitrogens is 2. The van der Waals surface area contributed by atoms with E-state index in [2.05, 4.69) is 4.98 Å². The predicted octanol–water partition coefficient (Wildman–Crippen LogP) is 3.71. The molecule has 2 aromatic heterocycles. The minimum absolute atomic E-state index is 0.0548. The monoisotopic (exact) mass is 435 g/mol. The number of hydrogen-bond donors (Lipinski definition) is 0. The molecule has 0 bridgehead atoms. The fraction of sp³-hybridized carbons (Fsp3) is 0.286. The Kier molecular flexibility index (Phi) is 6.07. The zero-order valence-electron chi connectivity index (χ0n) is 16.9. The summed E-state index contributed by atoms with van der Waals surface area (Å²) in [4.78, 5) is 30.3. The molecular formula is C21H20ClF2N3O3. The quantitative estimate of drug-likeness (QED) is 0.716. The maximum atomic E-state index is 13.8. The number of ether oxygens (including phenoxy) is 1. The number of aryl methyl sites for hydroxylation is 1. The summed E-state index contributed by atoms with van der Waals surface area (Å²) in [5.74, 6) is -1.67. The molecule has 0 unspecified atom stereocenters. The maximum Gasteiger partial charge on any atom is 0.277 e. The molecule has 9 heteroatoms. The summed E-state index contributed by atoms with van der Waals surface area (Å²) in [6.45, 7) is 4.67. The van der Waals surface area contributed by atoms with E-state index in [-0.39, 0.29) is 28.9 Å². The van der Waals surface area contributed by atoms with Crippen LogP contribution in [-0.2, 0) is 11.4 Å². The Morgan fingerprint density at radius 3 is 2.63 bits per heavy atom. The van der Waals surface area contributed by atoms with Gasteiger partial charge in [0.25, 0.3) is 5.56 Å². The Morgan fingerprint density at radius 1 is 1.30 bits per heavy atom. The number of likely N-dealkylation sites (N-methyl/N-ethyl adjacent to an activating group) is 1. The van der Waals surface area contributed by atoms with Crippen LogP contribution in [0.4, 0.5) is 8.78 Å². The fourth-order valence-electron chi connectivity index (χ4n) is 3.29. The van der Waals surface area contributed by atoms with Crippen LogP contribution in [-0.4, -0.2) is 33.3 Å². The molecule has 2 aromatic rings. The third-order valence-corrected chi connectivity index (χ3v) is 5.11. The first-order valence-electron chi connectivity index (χ1n) is 9.08. The van der Waals surface area contributed by atoms with Crippen LogP contribution < -0.4 is 10.3 Å². The van der Waals surface area contributed by atoms with Crippen LogP contribution in [0.3, 0.4) is 0 Å².